The molecule has 0 radical (unpaired) electrons. The topological polar surface area (TPSA) is 140 Å². The summed E-state index contributed by atoms with van der Waals surface area (Å²) in [4.78, 5) is 14.4. The zero-order chi connectivity index (χ0) is 25.1. The molecule has 2 fully saturated rings. The average molecular weight is 533 g/mol. The highest BCUT2D eigenvalue weighted by atomic mass is 35.5. The molecule has 2 heterocycles. The molecule has 0 bridgehead atoms. The molecule has 0 unspecified atom stereocenters. The summed E-state index contributed by atoms with van der Waals surface area (Å²) < 4.78 is 29.9. The molecule has 2 aliphatic rings. The van der Waals surface area contributed by atoms with E-state index in [1.807, 2.05) is 6.33 Å². The van der Waals surface area contributed by atoms with E-state index in [4.69, 9.17) is 27.3 Å². The maximum Gasteiger partial charge on any atom is 0.240 e. The van der Waals surface area contributed by atoms with Crippen molar-refractivity contribution in [2.75, 3.05) is 23.7 Å². The largest absolute Gasteiger partial charge is 0.367 e. The van der Waals surface area contributed by atoms with Gasteiger partial charge in [-0.2, -0.15) is 9.97 Å². The summed E-state index contributed by atoms with van der Waals surface area (Å²) in [7, 11) is -3.64. The normalized spacial score (nSPS) is 21.2. The molecule has 194 valence electrons. The van der Waals surface area contributed by atoms with E-state index >= 15 is 0 Å². The van der Waals surface area contributed by atoms with E-state index in [1.54, 1.807) is 12.1 Å². The number of nitrogens with two attached hydrogens (primary N) is 1. The molecule has 0 aliphatic heterocycles. The SMILES string of the molecule is NC1CCC(Nc2nc(NCCNS(=O)(=O)c3ccc(Cl)cc3)c3ncn(C4CCCC4)c3n2)CC1. The van der Waals surface area contributed by atoms with Crippen LogP contribution in [-0.4, -0.2) is 53.1 Å². The van der Waals surface area contributed by atoms with Crippen LogP contribution in [0.5, 0.6) is 0 Å². The Balaban J connectivity index is 1.32. The summed E-state index contributed by atoms with van der Waals surface area (Å²) in [5.41, 5.74) is 7.57. The van der Waals surface area contributed by atoms with Crippen LogP contribution in [0.4, 0.5) is 11.8 Å². The number of benzene rings is 1. The van der Waals surface area contributed by atoms with Crippen LogP contribution in [0.15, 0.2) is 35.5 Å². The van der Waals surface area contributed by atoms with E-state index in [-0.39, 0.29) is 23.5 Å². The fraction of sp³-hybridized carbons (Fsp3) is 0.542. The van der Waals surface area contributed by atoms with E-state index < -0.39 is 10.0 Å². The number of nitrogens with one attached hydrogen (secondary N) is 3. The Kier molecular flexibility index (Phi) is 7.61. The smallest absolute Gasteiger partial charge is 0.240 e. The van der Waals surface area contributed by atoms with Gasteiger partial charge in [0.2, 0.25) is 16.0 Å². The van der Waals surface area contributed by atoms with Crippen LogP contribution in [0.1, 0.15) is 57.4 Å². The fourth-order valence-electron chi connectivity index (χ4n) is 5.06. The fourth-order valence-corrected chi connectivity index (χ4v) is 6.22. The lowest BCUT2D eigenvalue weighted by molar-refractivity contribution is 0.410. The molecule has 0 saturated heterocycles. The molecule has 2 saturated carbocycles. The summed E-state index contributed by atoms with van der Waals surface area (Å²) in [6.07, 6.45) is 10.5. The molecule has 2 aliphatic carbocycles. The minimum absolute atomic E-state index is 0.172. The number of hydrogen-bond acceptors (Lipinski definition) is 8. The molecule has 0 atom stereocenters. The van der Waals surface area contributed by atoms with Crippen LogP contribution in [0, 0.1) is 0 Å². The standard InChI is InChI=1S/C24H33ClN8O2S/c25-16-5-11-20(12-6-16)36(34,35)29-14-13-27-22-21-23(33(15-28-21)19-3-1-2-4-19)32-24(31-22)30-18-9-7-17(26)8-10-18/h5-6,11-12,15,17-19,29H,1-4,7-10,13-14,26H2,(H2,27,30,31,32). The van der Waals surface area contributed by atoms with Crippen molar-refractivity contribution in [1.29, 1.82) is 0 Å². The Hall–Kier alpha value is -2.47. The Morgan fingerprint density at radius 2 is 1.72 bits per heavy atom. The number of aromatic nitrogens is 4. The highest BCUT2D eigenvalue weighted by Gasteiger charge is 2.24. The van der Waals surface area contributed by atoms with Crippen LogP contribution in [0.3, 0.4) is 0 Å². The minimum atomic E-state index is -3.64. The maximum atomic E-state index is 12.6. The number of hydrogen-bond donors (Lipinski definition) is 4. The van der Waals surface area contributed by atoms with Gasteiger partial charge in [0.15, 0.2) is 17.0 Å². The number of rotatable bonds is 9. The van der Waals surface area contributed by atoms with Gasteiger partial charge in [-0.1, -0.05) is 24.4 Å². The van der Waals surface area contributed by atoms with Crippen LogP contribution >= 0.6 is 11.6 Å². The number of nitrogens with zero attached hydrogens (tertiary/aromatic N) is 4. The van der Waals surface area contributed by atoms with E-state index in [9.17, 15) is 8.42 Å². The number of fused-ring (bicyclic) bond motifs is 1. The Bertz CT molecular complexity index is 1280. The third kappa shape index (κ3) is 5.74. The van der Waals surface area contributed by atoms with Gasteiger partial charge >= 0.3 is 0 Å². The quantitative estimate of drug-likeness (QED) is 0.306. The van der Waals surface area contributed by atoms with Crippen molar-refractivity contribution in [3.05, 3.63) is 35.6 Å². The molecule has 0 spiro atoms. The van der Waals surface area contributed by atoms with Crippen molar-refractivity contribution in [1.82, 2.24) is 24.2 Å². The summed E-state index contributed by atoms with van der Waals surface area (Å²) in [6.45, 7) is 0.524. The molecule has 5 rings (SSSR count). The first-order valence-corrected chi connectivity index (χ1v) is 14.5. The molecule has 2 aromatic heterocycles. The van der Waals surface area contributed by atoms with Gasteiger partial charge in [-0.25, -0.2) is 18.1 Å². The lowest BCUT2D eigenvalue weighted by Gasteiger charge is -2.27. The first-order chi connectivity index (χ1) is 17.4. The van der Waals surface area contributed by atoms with Gasteiger partial charge in [-0.3, -0.25) is 0 Å². The van der Waals surface area contributed by atoms with Gasteiger partial charge in [-0.05, 0) is 62.8 Å². The minimum Gasteiger partial charge on any atom is -0.367 e. The maximum absolute atomic E-state index is 12.6. The van der Waals surface area contributed by atoms with Crippen LogP contribution in [0.2, 0.25) is 5.02 Å². The summed E-state index contributed by atoms with van der Waals surface area (Å²) in [5, 5.41) is 7.26. The monoisotopic (exact) mass is 532 g/mol. The van der Waals surface area contributed by atoms with E-state index in [1.165, 1.54) is 25.0 Å². The van der Waals surface area contributed by atoms with Crippen molar-refractivity contribution < 1.29 is 8.42 Å². The molecule has 5 N–H and O–H groups in total. The Morgan fingerprint density at radius 3 is 2.44 bits per heavy atom. The Morgan fingerprint density at radius 1 is 1.00 bits per heavy atom. The molecular formula is C24H33ClN8O2S. The predicted octanol–water partition coefficient (Wildman–Crippen LogP) is 3.67. The summed E-state index contributed by atoms with van der Waals surface area (Å²) >= 11 is 5.87. The highest BCUT2D eigenvalue weighted by molar-refractivity contribution is 7.89. The van der Waals surface area contributed by atoms with E-state index in [0.717, 1.165) is 44.2 Å². The zero-order valence-electron chi connectivity index (χ0n) is 20.2. The molecule has 0 amide bonds. The second-order valence-electron chi connectivity index (χ2n) is 9.69. The molecule has 3 aromatic rings. The first kappa shape index (κ1) is 25.2. The third-order valence-electron chi connectivity index (χ3n) is 7.08. The van der Waals surface area contributed by atoms with Gasteiger partial charge in [0.1, 0.15) is 0 Å². The average Bonchev–Trinajstić information content (AvgIpc) is 3.53. The van der Waals surface area contributed by atoms with E-state index in [0.29, 0.717) is 34.9 Å². The van der Waals surface area contributed by atoms with E-state index in [2.05, 4.69) is 24.9 Å². The van der Waals surface area contributed by atoms with Gasteiger partial charge in [-0.15, -0.1) is 0 Å². The number of anilines is 2. The number of halogens is 1. The lowest BCUT2D eigenvalue weighted by atomic mass is 9.92. The zero-order valence-corrected chi connectivity index (χ0v) is 21.7. The van der Waals surface area contributed by atoms with Crippen LogP contribution < -0.4 is 21.1 Å². The molecule has 10 nitrogen and oxygen atoms in total. The number of sulfonamides is 1. The van der Waals surface area contributed by atoms with Gasteiger partial charge in [0, 0.05) is 36.2 Å². The van der Waals surface area contributed by atoms with Gasteiger partial charge < -0.3 is 20.9 Å². The van der Waals surface area contributed by atoms with Gasteiger partial charge in [0.05, 0.1) is 11.2 Å². The third-order valence-corrected chi connectivity index (χ3v) is 8.81. The summed E-state index contributed by atoms with van der Waals surface area (Å²) in [6, 6.07) is 7.02. The predicted molar refractivity (Wildman–Crippen MR) is 142 cm³/mol. The van der Waals surface area contributed by atoms with Crippen molar-refractivity contribution in [3.63, 3.8) is 0 Å². The second-order valence-corrected chi connectivity index (χ2v) is 11.9. The van der Waals surface area contributed by atoms with Crippen molar-refractivity contribution in [2.24, 2.45) is 5.73 Å². The van der Waals surface area contributed by atoms with Crippen LogP contribution in [-0.2, 0) is 10.0 Å². The highest BCUT2D eigenvalue weighted by Crippen LogP contribution is 2.33. The van der Waals surface area contributed by atoms with Crippen molar-refractivity contribution in [2.45, 2.75) is 74.4 Å². The molecule has 12 heteroatoms. The van der Waals surface area contributed by atoms with Gasteiger partial charge in [0.25, 0.3) is 0 Å². The molecule has 36 heavy (non-hydrogen) atoms. The number of imidazole rings is 1. The lowest BCUT2D eigenvalue weighted by Crippen LogP contribution is -2.33. The Labute approximate surface area is 216 Å². The van der Waals surface area contributed by atoms with Crippen molar-refractivity contribution >= 4 is 44.6 Å². The molecular weight excluding hydrogens is 500 g/mol. The first-order valence-electron chi connectivity index (χ1n) is 12.6. The second kappa shape index (κ2) is 10.9. The van der Waals surface area contributed by atoms with Crippen molar-refractivity contribution in [3.8, 4) is 0 Å². The van der Waals surface area contributed by atoms with Crippen LogP contribution in [0.25, 0.3) is 11.2 Å². The molecule has 1 aromatic carbocycles. The summed E-state index contributed by atoms with van der Waals surface area (Å²) in [5.74, 6) is 1.16.